The molecule has 0 aliphatic carbocycles. The second-order valence-corrected chi connectivity index (χ2v) is 4.46. The average Bonchev–Trinajstić information content (AvgIpc) is 2.45. The summed E-state index contributed by atoms with van der Waals surface area (Å²) in [6, 6.07) is 13.5. The van der Waals surface area contributed by atoms with Crippen LogP contribution in [0.25, 0.3) is 11.4 Å². The van der Waals surface area contributed by atoms with E-state index in [2.05, 4.69) is 16.0 Å². The zero-order chi connectivity index (χ0) is 13.7. The molecule has 0 bridgehead atoms. The van der Waals surface area contributed by atoms with Gasteiger partial charge in [-0.3, -0.25) is 0 Å². The number of benzene rings is 1. The Kier molecular flexibility index (Phi) is 4.32. The van der Waals surface area contributed by atoms with Crippen LogP contribution in [0.3, 0.4) is 0 Å². The summed E-state index contributed by atoms with van der Waals surface area (Å²) in [6.45, 7) is 0.609. The van der Waals surface area contributed by atoms with Crippen molar-refractivity contribution in [1.82, 2.24) is 9.97 Å². The Morgan fingerprint density at radius 1 is 1.26 bits per heavy atom. The Balaban J connectivity index is 2.33. The normalized spacial score (nSPS) is 9.95. The van der Waals surface area contributed by atoms with Crippen molar-refractivity contribution in [3.8, 4) is 17.5 Å². The van der Waals surface area contributed by atoms with Gasteiger partial charge < -0.3 is 4.90 Å². The molecule has 2 rings (SSSR count). The predicted octanol–water partition coefficient (Wildman–Crippen LogP) is 3.15. The lowest BCUT2D eigenvalue weighted by Gasteiger charge is -2.17. The van der Waals surface area contributed by atoms with Gasteiger partial charge in [0.25, 0.3) is 0 Å². The van der Waals surface area contributed by atoms with Crippen molar-refractivity contribution in [3.63, 3.8) is 0 Å². The van der Waals surface area contributed by atoms with E-state index >= 15 is 0 Å². The highest BCUT2D eigenvalue weighted by Gasteiger charge is 2.08. The van der Waals surface area contributed by atoms with Crippen molar-refractivity contribution >= 4 is 17.4 Å². The lowest BCUT2D eigenvalue weighted by Crippen LogP contribution is -2.19. The van der Waals surface area contributed by atoms with E-state index in [9.17, 15) is 0 Å². The van der Waals surface area contributed by atoms with Crippen LogP contribution in [-0.2, 0) is 0 Å². The Labute approximate surface area is 117 Å². The van der Waals surface area contributed by atoms with E-state index < -0.39 is 0 Å². The number of halogens is 1. The molecule has 0 amide bonds. The standard InChI is InChI=1S/C14H13ClN4/c1-19(9-5-8-16)13-10-12(15)17-14(18-13)11-6-3-2-4-7-11/h2-4,6-7,10H,5,9H2,1H3. The number of nitrogens with zero attached hydrogens (tertiary/aromatic N) is 4. The third-order valence-electron chi connectivity index (χ3n) is 2.66. The van der Waals surface area contributed by atoms with Gasteiger partial charge in [0.05, 0.1) is 12.5 Å². The van der Waals surface area contributed by atoms with E-state index in [1.165, 1.54) is 0 Å². The molecule has 0 unspecified atom stereocenters. The van der Waals surface area contributed by atoms with Gasteiger partial charge in [-0.25, -0.2) is 9.97 Å². The fourth-order valence-corrected chi connectivity index (χ4v) is 1.83. The molecule has 0 saturated heterocycles. The summed E-state index contributed by atoms with van der Waals surface area (Å²) < 4.78 is 0. The highest BCUT2D eigenvalue weighted by Crippen LogP contribution is 2.21. The SMILES string of the molecule is CN(CCC#N)c1cc(Cl)nc(-c2ccccc2)n1. The van der Waals surface area contributed by atoms with Gasteiger partial charge in [-0.2, -0.15) is 5.26 Å². The van der Waals surface area contributed by atoms with Gasteiger partial charge in [0.15, 0.2) is 5.82 Å². The number of hydrogen-bond acceptors (Lipinski definition) is 4. The maximum atomic E-state index is 8.61. The molecule has 0 fully saturated rings. The maximum absolute atomic E-state index is 8.61. The summed E-state index contributed by atoms with van der Waals surface area (Å²) >= 11 is 6.04. The largest absolute Gasteiger partial charge is 0.358 e. The van der Waals surface area contributed by atoms with Crippen LogP contribution in [0.4, 0.5) is 5.82 Å². The van der Waals surface area contributed by atoms with Gasteiger partial charge in [-0.15, -0.1) is 0 Å². The summed E-state index contributed by atoms with van der Waals surface area (Å²) in [4.78, 5) is 10.6. The van der Waals surface area contributed by atoms with E-state index in [1.807, 2.05) is 42.3 Å². The zero-order valence-corrected chi connectivity index (χ0v) is 11.3. The molecule has 19 heavy (non-hydrogen) atoms. The molecule has 0 aliphatic heterocycles. The number of aromatic nitrogens is 2. The number of anilines is 1. The Morgan fingerprint density at radius 3 is 2.68 bits per heavy atom. The molecular weight excluding hydrogens is 260 g/mol. The first-order valence-corrected chi connectivity index (χ1v) is 6.26. The second-order valence-electron chi connectivity index (χ2n) is 4.07. The third-order valence-corrected chi connectivity index (χ3v) is 2.86. The molecule has 5 heteroatoms. The van der Waals surface area contributed by atoms with E-state index in [1.54, 1.807) is 6.07 Å². The summed E-state index contributed by atoms with van der Waals surface area (Å²) in [5.74, 6) is 1.31. The zero-order valence-electron chi connectivity index (χ0n) is 10.5. The van der Waals surface area contributed by atoms with Gasteiger partial charge in [-0.05, 0) is 0 Å². The number of rotatable bonds is 4. The summed E-state index contributed by atoms with van der Waals surface area (Å²) in [6.07, 6.45) is 0.443. The van der Waals surface area contributed by atoms with E-state index in [0.29, 0.717) is 29.8 Å². The molecule has 0 atom stereocenters. The third kappa shape index (κ3) is 3.43. The fraction of sp³-hybridized carbons (Fsp3) is 0.214. The lowest BCUT2D eigenvalue weighted by atomic mass is 10.2. The van der Waals surface area contributed by atoms with E-state index in [-0.39, 0.29) is 0 Å². The molecule has 2 aromatic rings. The highest BCUT2D eigenvalue weighted by atomic mass is 35.5. The van der Waals surface area contributed by atoms with Gasteiger partial charge in [0, 0.05) is 25.2 Å². The highest BCUT2D eigenvalue weighted by molar-refractivity contribution is 6.29. The van der Waals surface area contributed by atoms with Gasteiger partial charge >= 0.3 is 0 Å². The van der Waals surface area contributed by atoms with Crippen LogP contribution in [0.15, 0.2) is 36.4 Å². The van der Waals surface area contributed by atoms with E-state index in [0.717, 1.165) is 5.56 Å². The minimum Gasteiger partial charge on any atom is -0.358 e. The minimum atomic E-state index is 0.396. The lowest BCUT2D eigenvalue weighted by molar-refractivity contribution is 0.881. The quantitative estimate of drug-likeness (QED) is 0.803. The molecule has 96 valence electrons. The maximum Gasteiger partial charge on any atom is 0.163 e. The van der Waals surface area contributed by atoms with Crippen molar-refractivity contribution in [1.29, 1.82) is 5.26 Å². The Morgan fingerprint density at radius 2 is 2.00 bits per heavy atom. The molecule has 0 saturated carbocycles. The second kappa shape index (κ2) is 6.17. The summed E-state index contributed by atoms with van der Waals surface area (Å²) in [5, 5.41) is 9.01. The van der Waals surface area contributed by atoms with Crippen molar-refractivity contribution in [2.24, 2.45) is 0 Å². The van der Waals surface area contributed by atoms with Crippen LogP contribution < -0.4 is 4.90 Å². The fourth-order valence-electron chi connectivity index (χ4n) is 1.65. The molecule has 1 aromatic carbocycles. The van der Waals surface area contributed by atoms with Crippen molar-refractivity contribution < 1.29 is 0 Å². The molecule has 1 aromatic heterocycles. The first-order valence-electron chi connectivity index (χ1n) is 5.89. The Bertz CT molecular complexity index is 592. The van der Waals surface area contributed by atoms with Crippen LogP contribution >= 0.6 is 11.6 Å². The molecule has 0 N–H and O–H groups in total. The monoisotopic (exact) mass is 272 g/mol. The van der Waals surface area contributed by atoms with Crippen LogP contribution in [0.2, 0.25) is 5.15 Å². The summed E-state index contributed by atoms with van der Waals surface area (Å²) in [7, 11) is 1.88. The minimum absolute atomic E-state index is 0.396. The summed E-state index contributed by atoms with van der Waals surface area (Å²) in [5.41, 5.74) is 0.917. The van der Waals surface area contributed by atoms with Gasteiger partial charge in [0.2, 0.25) is 0 Å². The number of hydrogen-bond donors (Lipinski definition) is 0. The molecule has 0 spiro atoms. The van der Waals surface area contributed by atoms with Crippen LogP contribution in [-0.4, -0.2) is 23.6 Å². The first kappa shape index (κ1) is 13.3. The Hall–Kier alpha value is -2.12. The smallest absolute Gasteiger partial charge is 0.163 e. The average molecular weight is 273 g/mol. The molecule has 1 heterocycles. The van der Waals surface area contributed by atoms with Crippen molar-refractivity contribution in [2.75, 3.05) is 18.5 Å². The molecular formula is C14H13ClN4. The molecule has 4 nitrogen and oxygen atoms in total. The van der Waals surface area contributed by atoms with Gasteiger partial charge in [-0.1, -0.05) is 41.9 Å². The van der Waals surface area contributed by atoms with Crippen molar-refractivity contribution in [3.05, 3.63) is 41.6 Å². The van der Waals surface area contributed by atoms with Crippen LogP contribution in [0.5, 0.6) is 0 Å². The van der Waals surface area contributed by atoms with Crippen molar-refractivity contribution in [2.45, 2.75) is 6.42 Å². The van der Waals surface area contributed by atoms with E-state index in [4.69, 9.17) is 16.9 Å². The number of nitriles is 1. The molecule has 0 radical (unpaired) electrons. The first-order chi connectivity index (χ1) is 9.20. The topological polar surface area (TPSA) is 52.8 Å². The predicted molar refractivity (Wildman–Crippen MR) is 76.0 cm³/mol. The van der Waals surface area contributed by atoms with Crippen LogP contribution in [0, 0.1) is 11.3 Å². The van der Waals surface area contributed by atoms with Gasteiger partial charge in [0.1, 0.15) is 11.0 Å². The van der Waals surface area contributed by atoms with Crippen LogP contribution in [0.1, 0.15) is 6.42 Å². The molecule has 0 aliphatic rings.